The van der Waals surface area contributed by atoms with Gasteiger partial charge >= 0.3 is 18.2 Å². The first-order valence-electron chi connectivity index (χ1n) is 9.39. The van der Waals surface area contributed by atoms with Gasteiger partial charge in [0.05, 0.1) is 30.0 Å². The zero-order valence-corrected chi connectivity index (χ0v) is 16.0. The molecule has 8 nitrogen and oxygen atoms in total. The van der Waals surface area contributed by atoms with Crippen molar-refractivity contribution in [3.05, 3.63) is 35.2 Å². The number of halogens is 3. The number of aromatic amines is 1. The molecule has 2 aliphatic rings. The van der Waals surface area contributed by atoms with E-state index in [-0.39, 0.29) is 19.2 Å². The maximum atomic E-state index is 12.7. The zero-order chi connectivity index (χ0) is 21.0. The number of amides is 2. The highest BCUT2D eigenvalue weighted by Crippen LogP contribution is 2.28. The normalized spacial score (nSPS) is 18.3. The molecule has 1 aromatic rings. The predicted octanol–water partition coefficient (Wildman–Crippen LogP) is -0.646. The van der Waals surface area contributed by atoms with E-state index in [0.29, 0.717) is 49.8 Å². The van der Waals surface area contributed by atoms with Crippen molar-refractivity contribution in [1.82, 2.24) is 10.6 Å². The molecule has 0 aromatic carbocycles. The van der Waals surface area contributed by atoms with Crippen LogP contribution in [-0.2, 0) is 15.7 Å². The first kappa shape index (κ1) is 20.9. The first-order valence-corrected chi connectivity index (χ1v) is 9.39. The van der Waals surface area contributed by atoms with Crippen molar-refractivity contribution in [2.75, 3.05) is 50.8 Å². The Balaban J connectivity index is 1.61. The van der Waals surface area contributed by atoms with E-state index in [2.05, 4.69) is 15.6 Å². The third-order valence-corrected chi connectivity index (χ3v) is 4.94. The van der Waals surface area contributed by atoms with E-state index < -0.39 is 17.7 Å². The number of urea groups is 1. The van der Waals surface area contributed by atoms with Crippen LogP contribution < -0.4 is 25.4 Å². The van der Waals surface area contributed by atoms with Crippen LogP contribution in [0.2, 0.25) is 0 Å². The Morgan fingerprint density at radius 2 is 2.03 bits per heavy atom. The number of carbonyl (C=O) groups excluding carboxylic acids is 2. The second-order valence-corrected chi connectivity index (χ2v) is 6.86. The van der Waals surface area contributed by atoms with Crippen LogP contribution in [0, 0.1) is 0 Å². The summed E-state index contributed by atoms with van der Waals surface area (Å²) in [7, 11) is 0. The van der Waals surface area contributed by atoms with Crippen molar-refractivity contribution in [2.24, 2.45) is 0 Å². The summed E-state index contributed by atoms with van der Waals surface area (Å²) in [6.07, 6.45) is -3.41. The number of ether oxygens (including phenoxy) is 1. The van der Waals surface area contributed by atoms with E-state index >= 15 is 0 Å². The van der Waals surface area contributed by atoms with Crippen molar-refractivity contribution < 1.29 is 37.4 Å². The molecule has 0 saturated carbocycles. The molecule has 29 heavy (non-hydrogen) atoms. The average molecular weight is 415 g/mol. The van der Waals surface area contributed by atoms with Crippen LogP contribution >= 0.6 is 0 Å². The highest BCUT2D eigenvalue weighted by molar-refractivity contribution is 5.93. The molecule has 1 aromatic heterocycles. The van der Waals surface area contributed by atoms with Crippen molar-refractivity contribution in [2.45, 2.75) is 13.1 Å². The predicted molar refractivity (Wildman–Crippen MR) is 96.0 cm³/mol. The van der Waals surface area contributed by atoms with E-state index in [4.69, 9.17) is 4.74 Å². The summed E-state index contributed by atoms with van der Waals surface area (Å²) in [5, 5.41) is 5.27. The minimum atomic E-state index is -4.37. The SMILES string of the molecule is CCOC(=O)C1=C(C[NH+]2CCN(c3ccc(C(F)(F)F)c[nH+]3)CC2)NC(=O)NC1. The third kappa shape index (κ3) is 5.17. The van der Waals surface area contributed by atoms with Crippen LogP contribution in [0.4, 0.5) is 23.8 Å². The molecule has 1 saturated heterocycles. The van der Waals surface area contributed by atoms with Crippen molar-refractivity contribution in [3.63, 3.8) is 0 Å². The number of alkyl halides is 3. The fourth-order valence-corrected chi connectivity index (χ4v) is 3.38. The van der Waals surface area contributed by atoms with Gasteiger partial charge in [-0.1, -0.05) is 0 Å². The smallest absolute Gasteiger partial charge is 0.419 e. The lowest BCUT2D eigenvalue weighted by atomic mass is 10.1. The second kappa shape index (κ2) is 8.68. The van der Waals surface area contributed by atoms with E-state index in [9.17, 15) is 22.8 Å². The van der Waals surface area contributed by atoms with Gasteiger partial charge in [0.25, 0.3) is 5.82 Å². The Labute approximate surface area is 165 Å². The van der Waals surface area contributed by atoms with Gasteiger partial charge in [-0.25, -0.2) is 14.6 Å². The molecule has 0 atom stereocenters. The van der Waals surface area contributed by atoms with E-state index in [1.165, 1.54) is 6.07 Å². The number of aromatic nitrogens is 1. The number of anilines is 1. The van der Waals surface area contributed by atoms with Crippen molar-refractivity contribution in [3.8, 4) is 0 Å². The van der Waals surface area contributed by atoms with E-state index in [0.717, 1.165) is 17.2 Å². The molecule has 3 rings (SSSR count). The Kier molecular flexibility index (Phi) is 6.26. The van der Waals surface area contributed by atoms with Gasteiger partial charge in [0.1, 0.15) is 38.9 Å². The van der Waals surface area contributed by atoms with Crippen molar-refractivity contribution in [1.29, 1.82) is 0 Å². The topological polar surface area (TPSA) is 89.2 Å². The maximum Gasteiger partial charge on any atom is 0.419 e. The van der Waals surface area contributed by atoms with E-state index in [1.807, 2.05) is 4.90 Å². The van der Waals surface area contributed by atoms with Gasteiger partial charge < -0.3 is 20.3 Å². The van der Waals surface area contributed by atoms with Gasteiger partial charge in [0.2, 0.25) is 0 Å². The third-order valence-electron chi connectivity index (χ3n) is 4.94. The average Bonchev–Trinajstić information content (AvgIpc) is 2.68. The van der Waals surface area contributed by atoms with Gasteiger partial charge in [0.15, 0.2) is 0 Å². The molecule has 3 heterocycles. The lowest BCUT2D eigenvalue weighted by molar-refractivity contribution is -0.896. The number of nitrogens with zero attached hydrogens (tertiary/aromatic N) is 1. The molecule has 4 N–H and O–H groups in total. The van der Waals surface area contributed by atoms with Crippen molar-refractivity contribution >= 4 is 17.8 Å². The van der Waals surface area contributed by atoms with Crippen LogP contribution in [0.1, 0.15) is 12.5 Å². The van der Waals surface area contributed by atoms with Crippen LogP contribution in [0.3, 0.4) is 0 Å². The summed E-state index contributed by atoms with van der Waals surface area (Å²) < 4.78 is 43.1. The number of quaternary nitrogens is 1. The van der Waals surface area contributed by atoms with Gasteiger partial charge in [-0.05, 0) is 13.0 Å². The highest BCUT2D eigenvalue weighted by Gasteiger charge is 2.34. The van der Waals surface area contributed by atoms with Crippen LogP contribution in [0.25, 0.3) is 0 Å². The first-order chi connectivity index (χ1) is 13.8. The largest absolute Gasteiger partial charge is 0.463 e. The minimum Gasteiger partial charge on any atom is -0.463 e. The van der Waals surface area contributed by atoms with Gasteiger partial charge in [-0.2, -0.15) is 13.2 Å². The number of piperazine rings is 1. The molecule has 158 valence electrons. The minimum absolute atomic E-state index is 0.125. The molecule has 2 amide bonds. The summed E-state index contributed by atoms with van der Waals surface area (Å²) in [6, 6.07) is 2.14. The number of pyridine rings is 1. The second-order valence-electron chi connectivity index (χ2n) is 6.86. The molecule has 0 bridgehead atoms. The number of H-pyrrole nitrogens is 1. The van der Waals surface area contributed by atoms with Gasteiger partial charge in [-0.15, -0.1) is 0 Å². The molecule has 11 heteroatoms. The number of rotatable bonds is 5. The highest BCUT2D eigenvalue weighted by atomic mass is 19.4. The summed E-state index contributed by atoms with van der Waals surface area (Å²) in [6.45, 7) is 5.23. The number of nitrogens with one attached hydrogen (secondary N) is 4. The standard InChI is InChI=1S/C18H22F3N5O3/c1-2-29-16(27)13-10-23-17(28)24-14(13)11-25-5-7-26(8-6-25)15-4-3-12(9-22-15)18(19,20)21/h3-4,9H,2,5-8,10-11H2,1H3,(H2,23,24,28)/p+2. The zero-order valence-electron chi connectivity index (χ0n) is 16.0. The lowest BCUT2D eigenvalue weighted by Crippen LogP contribution is -3.15. The number of hydrogen-bond acceptors (Lipinski definition) is 4. The molecule has 0 aliphatic carbocycles. The number of hydrogen-bond donors (Lipinski definition) is 3. The monoisotopic (exact) mass is 415 g/mol. The fourth-order valence-electron chi connectivity index (χ4n) is 3.38. The molecule has 0 radical (unpaired) electrons. The van der Waals surface area contributed by atoms with Gasteiger partial charge in [0, 0.05) is 6.07 Å². The Morgan fingerprint density at radius 3 is 2.62 bits per heavy atom. The van der Waals surface area contributed by atoms with Crippen LogP contribution in [0.5, 0.6) is 0 Å². The van der Waals surface area contributed by atoms with Gasteiger partial charge in [-0.3, -0.25) is 4.90 Å². The quantitative estimate of drug-likeness (QED) is 0.558. The summed E-state index contributed by atoms with van der Waals surface area (Å²) in [5.41, 5.74) is 0.250. The van der Waals surface area contributed by atoms with Crippen LogP contribution in [-0.4, -0.2) is 57.9 Å². The Hall–Kier alpha value is -2.82. The maximum absolute atomic E-state index is 12.7. The molecular formula is C18H24F3N5O3+2. The molecule has 2 aliphatic heterocycles. The molecule has 1 fully saturated rings. The number of esters is 1. The molecular weight excluding hydrogens is 391 g/mol. The Morgan fingerprint density at radius 1 is 1.31 bits per heavy atom. The fraction of sp³-hybridized carbons (Fsp3) is 0.500. The lowest BCUT2D eigenvalue weighted by Gasteiger charge is -2.30. The summed E-state index contributed by atoms with van der Waals surface area (Å²) >= 11 is 0. The molecule has 0 spiro atoms. The van der Waals surface area contributed by atoms with Crippen LogP contribution in [0.15, 0.2) is 29.6 Å². The Bertz CT molecular complexity index is 787. The summed E-state index contributed by atoms with van der Waals surface area (Å²) in [5.74, 6) is 0.172. The van der Waals surface area contributed by atoms with E-state index in [1.54, 1.807) is 6.92 Å². The molecule has 0 unspecified atom stereocenters. The number of carbonyl (C=O) groups is 2. The summed E-state index contributed by atoms with van der Waals surface area (Å²) in [4.78, 5) is 29.6.